The van der Waals surface area contributed by atoms with E-state index in [1.54, 1.807) is 12.1 Å². The molecular formula is C10H11NO4. The van der Waals surface area contributed by atoms with Crippen LogP contribution < -0.4 is 0 Å². The second kappa shape index (κ2) is 4.54. The zero-order chi connectivity index (χ0) is 11.4. The van der Waals surface area contributed by atoms with Crippen molar-refractivity contribution in [2.75, 3.05) is 0 Å². The maximum atomic E-state index is 10.5. The van der Waals surface area contributed by atoms with Crippen molar-refractivity contribution in [3.05, 3.63) is 45.5 Å². The van der Waals surface area contributed by atoms with Gasteiger partial charge < -0.3 is 5.11 Å². The molecule has 0 aromatic heterocycles. The molecule has 1 N–H and O–H groups in total. The van der Waals surface area contributed by atoms with Gasteiger partial charge in [0.2, 0.25) is 6.04 Å². The van der Waals surface area contributed by atoms with Gasteiger partial charge in [-0.2, -0.15) is 0 Å². The van der Waals surface area contributed by atoms with Crippen LogP contribution in [0.1, 0.15) is 22.8 Å². The number of nitrogens with zero attached hydrogens (tertiary/aromatic N) is 1. The first-order valence-electron chi connectivity index (χ1n) is 4.46. The van der Waals surface area contributed by atoms with Crippen LogP contribution in [0.25, 0.3) is 0 Å². The zero-order valence-corrected chi connectivity index (χ0v) is 8.21. The number of benzene rings is 1. The van der Waals surface area contributed by atoms with Crippen LogP contribution in [0.2, 0.25) is 0 Å². The molecule has 0 saturated carbocycles. The Labute approximate surface area is 86.5 Å². The van der Waals surface area contributed by atoms with Crippen molar-refractivity contribution in [2.24, 2.45) is 0 Å². The minimum Gasteiger partial charge on any atom is -0.478 e. The van der Waals surface area contributed by atoms with Gasteiger partial charge in [0.1, 0.15) is 0 Å². The number of carboxylic acids is 1. The maximum absolute atomic E-state index is 10.5. The molecule has 15 heavy (non-hydrogen) atoms. The Hall–Kier alpha value is -1.91. The fourth-order valence-corrected chi connectivity index (χ4v) is 1.20. The number of hydrogen-bond acceptors (Lipinski definition) is 3. The second-order valence-corrected chi connectivity index (χ2v) is 3.34. The van der Waals surface area contributed by atoms with Crippen molar-refractivity contribution < 1.29 is 14.8 Å². The molecule has 0 aliphatic rings. The third-order valence-corrected chi connectivity index (χ3v) is 2.09. The van der Waals surface area contributed by atoms with E-state index in [-0.39, 0.29) is 10.5 Å². The molecular weight excluding hydrogens is 198 g/mol. The molecule has 0 heterocycles. The van der Waals surface area contributed by atoms with Crippen LogP contribution in [0.3, 0.4) is 0 Å². The lowest BCUT2D eigenvalue weighted by molar-refractivity contribution is -0.517. The highest BCUT2D eigenvalue weighted by Crippen LogP contribution is 2.08. The van der Waals surface area contributed by atoms with E-state index in [1.807, 2.05) is 0 Å². The van der Waals surface area contributed by atoms with E-state index in [0.29, 0.717) is 6.42 Å². The Morgan fingerprint density at radius 2 is 2.00 bits per heavy atom. The van der Waals surface area contributed by atoms with E-state index in [4.69, 9.17) is 5.11 Å². The second-order valence-electron chi connectivity index (χ2n) is 3.34. The molecule has 0 fully saturated rings. The van der Waals surface area contributed by atoms with Crippen molar-refractivity contribution in [3.8, 4) is 0 Å². The topological polar surface area (TPSA) is 80.4 Å². The number of hydrogen-bond donors (Lipinski definition) is 1. The van der Waals surface area contributed by atoms with Crippen molar-refractivity contribution >= 4 is 5.97 Å². The molecule has 1 unspecified atom stereocenters. The summed E-state index contributed by atoms with van der Waals surface area (Å²) in [6.07, 6.45) is 0.312. The Kier molecular flexibility index (Phi) is 3.38. The average Bonchev–Trinajstić information content (AvgIpc) is 2.18. The van der Waals surface area contributed by atoms with E-state index in [0.717, 1.165) is 5.56 Å². The molecule has 0 aliphatic heterocycles. The summed E-state index contributed by atoms with van der Waals surface area (Å²) < 4.78 is 0. The standard InChI is InChI=1S/C10H11NO4/c1-7(11(14)15)6-8-2-4-9(5-3-8)10(12)13/h2-5,7H,6H2,1H3,(H,12,13). The Morgan fingerprint density at radius 1 is 1.47 bits per heavy atom. The van der Waals surface area contributed by atoms with E-state index in [9.17, 15) is 14.9 Å². The highest BCUT2D eigenvalue weighted by Gasteiger charge is 2.13. The van der Waals surface area contributed by atoms with Gasteiger partial charge in [0.15, 0.2) is 0 Å². The minimum atomic E-state index is -0.996. The van der Waals surface area contributed by atoms with E-state index >= 15 is 0 Å². The summed E-state index contributed by atoms with van der Waals surface area (Å²) in [4.78, 5) is 20.6. The normalized spacial score (nSPS) is 12.1. The molecule has 0 radical (unpaired) electrons. The molecule has 0 amide bonds. The summed E-state index contributed by atoms with van der Waals surface area (Å²) in [5.74, 6) is -0.996. The lowest BCUT2D eigenvalue weighted by Crippen LogP contribution is -2.17. The summed E-state index contributed by atoms with van der Waals surface area (Å²) in [5, 5.41) is 19.0. The third kappa shape index (κ3) is 3.05. The Bertz CT molecular complexity index is 372. The lowest BCUT2D eigenvalue weighted by atomic mass is 10.1. The first-order chi connectivity index (χ1) is 7.00. The molecule has 1 rings (SSSR count). The predicted octanol–water partition coefficient (Wildman–Crippen LogP) is 1.59. The van der Waals surface area contributed by atoms with Crippen LogP contribution in [0.15, 0.2) is 24.3 Å². The SMILES string of the molecule is CC(Cc1ccc(C(=O)O)cc1)[N+](=O)[O-]. The highest BCUT2D eigenvalue weighted by atomic mass is 16.6. The van der Waals surface area contributed by atoms with Gasteiger partial charge in [0.05, 0.1) is 5.56 Å². The lowest BCUT2D eigenvalue weighted by Gasteiger charge is -2.03. The van der Waals surface area contributed by atoms with Crippen LogP contribution in [-0.2, 0) is 6.42 Å². The number of rotatable bonds is 4. The zero-order valence-electron chi connectivity index (χ0n) is 8.21. The number of carbonyl (C=O) groups is 1. The van der Waals surface area contributed by atoms with Gasteiger partial charge in [-0.05, 0) is 17.7 Å². The smallest absolute Gasteiger partial charge is 0.335 e. The molecule has 1 aromatic carbocycles. The van der Waals surface area contributed by atoms with Gasteiger partial charge >= 0.3 is 5.97 Å². The van der Waals surface area contributed by atoms with E-state index < -0.39 is 12.0 Å². The molecule has 1 aromatic rings. The largest absolute Gasteiger partial charge is 0.478 e. The minimum absolute atomic E-state index is 0.188. The molecule has 5 nitrogen and oxygen atoms in total. The van der Waals surface area contributed by atoms with Crippen LogP contribution in [0.4, 0.5) is 0 Å². The van der Waals surface area contributed by atoms with Crippen LogP contribution in [-0.4, -0.2) is 22.0 Å². The van der Waals surface area contributed by atoms with Crippen molar-refractivity contribution in [1.29, 1.82) is 0 Å². The molecule has 5 heteroatoms. The highest BCUT2D eigenvalue weighted by molar-refractivity contribution is 5.87. The van der Waals surface area contributed by atoms with Crippen LogP contribution >= 0.6 is 0 Å². The molecule has 0 saturated heterocycles. The quantitative estimate of drug-likeness (QED) is 0.603. The van der Waals surface area contributed by atoms with E-state index in [1.165, 1.54) is 19.1 Å². The van der Waals surface area contributed by atoms with Gasteiger partial charge in [-0.3, -0.25) is 10.1 Å². The van der Waals surface area contributed by atoms with Gasteiger partial charge in [-0.1, -0.05) is 12.1 Å². The molecule has 1 atom stereocenters. The number of nitro groups is 1. The number of carboxylic acid groups (broad SMARTS) is 1. The summed E-state index contributed by atoms with van der Waals surface area (Å²) in [6, 6.07) is 5.45. The van der Waals surface area contributed by atoms with Crippen molar-refractivity contribution in [1.82, 2.24) is 0 Å². The summed E-state index contributed by atoms with van der Waals surface area (Å²) in [6.45, 7) is 1.52. The van der Waals surface area contributed by atoms with Gasteiger partial charge in [0.25, 0.3) is 0 Å². The summed E-state index contributed by atoms with van der Waals surface area (Å²) >= 11 is 0. The number of aromatic carboxylic acids is 1. The van der Waals surface area contributed by atoms with Crippen LogP contribution in [0, 0.1) is 10.1 Å². The molecule has 0 bridgehead atoms. The molecule has 80 valence electrons. The summed E-state index contributed by atoms with van der Waals surface area (Å²) in [5.41, 5.74) is 0.955. The fourth-order valence-electron chi connectivity index (χ4n) is 1.20. The summed E-state index contributed by atoms with van der Waals surface area (Å²) in [7, 11) is 0. The van der Waals surface area contributed by atoms with Gasteiger partial charge in [0, 0.05) is 18.3 Å². The first-order valence-corrected chi connectivity index (χ1v) is 4.46. The van der Waals surface area contributed by atoms with Crippen molar-refractivity contribution in [2.45, 2.75) is 19.4 Å². The van der Waals surface area contributed by atoms with Crippen molar-refractivity contribution in [3.63, 3.8) is 0 Å². The average molecular weight is 209 g/mol. The molecule has 0 aliphatic carbocycles. The van der Waals surface area contributed by atoms with E-state index in [2.05, 4.69) is 0 Å². The Balaban J connectivity index is 2.72. The maximum Gasteiger partial charge on any atom is 0.335 e. The Morgan fingerprint density at radius 3 is 2.40 bits per heavy atom. The van der Waals surface area contributed by atoms with Gasteiger partial charge in [-0.15, -0.1) is 0 Å². The van der Waals surface area contributed by atoms with Crippen LogP contribution in [0.5, 0.6) is 0 Å². The van der Waals surface area contributed by atoms with Gasteiger partial charge in [-0.25, -0.2) is 4.79 Å². The monoisotopic (exact) mass is 209 g/mol. The third-order valence-electron chi connectivity index (χ3n) is 2.09. The fraction of sp³-hybridized carbons (Fsp3) is 0.300. The first kappa shape index (κ1) is 11.2. The predicted molar refractivity (Wildman–Crippen MR) is 53.6 cm³/mol. The molecule has 0 spiro atoms.